The van der Waals surface area contributed by atoms with Gasteiger partial charge < -0.3 is 9.84 Å². The Morgan fingerprint density at radius 2 is 1.56 bits per heavy atom. The number of phenolic OH excluding ortho intramolecular Hbond substituents is 1. The van der Waals surface area contributed by atoms with E-state index in [1.807, 2.05) is 42.5 Å². The van der Waals surface area contributed by atoms with Crippen molar-refractivity contribution in [1.82, 2.24) is 0 Å². The molecule has 2 rings (SSSR count). The number of hydrogen-bond acceptors (Lipinski definition) is 2. The minimum absolute atomic E-state index is 0.254. The summed E-state index contributed by atoms with van der Waals surface area (Å²) in [5.41, 5.74) is 0. The fraction of sp³-hybridized carbons (Fsp3) is 0.250. The standard InChI is InChI=1S/C10H14O2.C6H6/c1-2-3-7-12-10-6-4-5-9(11)8-10;1-2-4-6-5-3-1/h4-6,8,11H,2-3,7H2,1H3;1-6H. The van der Waals surface area contributed by atoms with Crippen LogP contribution in [0.25, 0.3) is 0 Å². The zero-order valence-corrected chi connectivity index (χ0v) is 10.8. The van der Waals surface area contributed by atoms with Crippen LogP contribution < -0.4 is 4.74 Å². The van der Waals surface area contributed by atoms with Crippen LogP contribution in [0.5, 0.6) is 11.5 Å². The molecule has 96 valence electrons. The van der Waals surface area contributed by atoms with Crippen molar-refractivity contribution in [1.29, 1.82) is 0 Å². The van der Waals surface area contributed by atoms with E-state index in [1.165, 1.54) is 0 Å². The molecule has 0 spiro atoms. The maximum Gasteiger partial charge on any atom is 0.122 e. The van der Waals surface area contributed by atoms with Gasteiger partial charge in [0.25, 0.3) is 0 Å². The molecule has 2 nitrogen and oxygen atoms in total. The largest absolute Gasteiger partial charge is 0.508 e. The summed E-state index contributed by atoms with van der Waals surface area (Å²) in [4.78, 5) is 0. The first kappa shape index (κ1) is 14.1. The molecule has 0 aliphatic carbocycles. The average molecular weight is 244 g/mol. The zero-order valence-electron chi connectivity index (χ0n) is 10.8. The summed E-state index contributed by atoms with van der Waals surface area (Å²) in [6.45, 7) is 2.84. The van der Waals surface area contributed by atoms with Crippen molar-refractivity contribution in [2.75, 3.05) is 6.61 Å². The van der Waals surface area contributed by atoms with E-state index in [2.05, 4.69) is 6.92 Å². The van der Waals surface area contributed by atoms with E-state index in [1.54, 1.807) is 18.2 Å². The quantitative estimate of drug-likeness (QED) is 0.814. The van der Waals surface area contributed by atoms with Crippen LogP contribution >= 0.6 is 0 Å². The fourth-order valence-corrected chi connectivity index (χ4v) is 1.29. The SMILES string of the molecule is CCCCOc1cccc(O)c1.c1ccccc1. The highest BCUT2D eigenvalue weighted by atomic mass is 16.5. The first-order chi connectivity index (χ1) is 8.83. The van der Waals surface area contributed by atoms with Crippen LogP contribution in [0.2, 0.25) is 0 Å². The summed E-state index contributed by atoms with van der Waals surface area (Å²) in [5.74, 6) is 0.993. The molecule has 2 aromatic rings. The Labute approximate surface area is 109 Å². The first-order valence-corrected chi connectivity index (χ1v) is 6.24. The van der Waals surface area contributed by atoms with E-state index in [0.29, 0.717) is 0 Å². The van der Waals surface area contributed by atoms with Crippen LogP contribution in [-0.4, -0.2) is 11.7 Å². The molecule has 0 unspecified atom stereocenters. The number of rotatable bonds is 4. The minimum Gasteiger partial charge on any atom is -0.508 e. The second-order valence-electron chi connectivity index (χ2n) is 3.85. The van der Waals surface area contributed by atoms with Crippen molar-refractivity contribution in [3.05, 3.63) is 60.7 Å². The first-order valence-electron chi connectivity index (χ1n) is 6.24. The van der Waals surface area contributed by atoms with Crippen LogP contribution in [0.1, 0.15) is 19.8 Å². The average Bonchev–Trinajstić information content (AvgIpc) is 2.42. The fourth-order valence-electron chi connectivity index (χ4n) is 1.29. The molecule has 0 radical (unpaired) electrons. The van der Waals surface area contributed by atoms with Gasteiger partial charge in [0.2, 0.25) is 0 Å². The smallest absolute Gasteiger partial charge is 0.122 e. The van der Waals surface area contributed by atoms with E-state index in [9.17, 15) is 0 Å². The molecule has 0 aliphatic rings. The van der Waals surface area contributed by atoms with Crippen LogP contribution in [0.3, 0.4) is 0 Å². The Balaban J connectivity index is 0.000000225. The Bertz CT molecular complexity index is 386. The van der Waals surface area contributed by atoms with Crippen molar-refractivity contribution in [3.63, 3.8) is 0 Å². The van der Waals surface area contributed by atoms with Gasteiger partial charge in [0.15, 0.2) is 0 Å². The zero-order chi connectivity index (χ0) is 13.1. The third-order valence-electron chi connectivity index (χ3n) is 2.25. The number of benzene rings is 2. The molecule has 2 heteroatoms. The molecular formula is C16H20O2. The maximum atomic E-state index is 9.09. The highest BCUT2D eigenvalue weighted by Crippen LogP contribution is 2.17. The van der Waals surface area contributed by atoms with E-state index < -0.39 is 0 Å². The topological polar surface area (TPSA) is 29.5 Å². The molecule has 0 saturated heterocycles. The number of aromatic hydroxyl groups is 1. The second kappa shape index (κ2) is 9.11. The molecule has 0 aromatic heterocycles. The van der Waals surface area contributed by atoms with Crippen molar-refractivity contribution >= 4 is 0 Å². The lowest BCUT2D eigenvalue weighted by Crippen LogP contribution is -1.95. The summed E-state index contributed by atoms with van der Waals surface area (Å²) in [5, 5.41) is 9.09. The Kier molecular flexibility index (Phi) is 7.14. The van der Waals surface area contributed by atoms with Crippen molar-refractivity contribution in [3.8, 4) is 11.5 Å². The van der Waals surface area contributed by atoms with Gasteiger partial charge in [0.05, 0.1) is 6.61 Å². The molecule has 0 bridgehead atoms. The van der Waals surface area contributed by atoms with Crippen molar-refractivity contribution < 1.29 is 9.84 Å². The van der Waals surface area contributed by atoms with Crippen molar-refractivity contribution in [2.24, 2.45) is 0 Å². The molecule has 0 heterocycles. The highest BCUT2D eigenvalue weighted by molar-refractivity contribution is 5.31. The van der Waals surface area contributed by atoms with Crippen LogP contribution in [0.4, 0.5) is 0 Å². The third-order valence-corrected chi connectivity index (χ3v) is 2.25. The van der Waals surface area contributed by atoms with Gasteiger partial charge >= 0.3 is 0 Å². The van der Waals surface area contributed by atoms with Crippen molar-refractivity contribution in [2.45, 2.75) is 19.8 Å². The van der Waals surface area contributed by atoms with E-state index in [0.717, 1.165) is 25.2 Å². The third kappa shape index (κ3) is 6.59. The lowest BCUT2D eigenvalue weighted by molar-refractivity contribution is 0.307. The number of hydrogen-bond donors (Lipinski definition) is 1. The monoisotopic (exact) mass is 244 g/mol. The summed E-state index contributed by atoms with van der Waals surface area (Å²) >= 11 is 0. The van der Waals surface area contributed by atoms with Gasteiger partial charge in [0.1, 0.15) is 11.5 Å². The molecule has 0 fully saturated rings. The molecule has 0 amide bonds. The number of unbranched alkanes of at least 4 members (excludes halogenated alkanes) is 1. The van der Waals surface area contributed by atoms with Gasteiger partial charge in [-0.2, -0.15) is 0 Å². The van der Waals surface area contributed by atoms with Gasteiger partial charge in [-0.3, -0.25) is 0 Å². The summed E-state index contributed by atoms with van der Waals surface area (Å²) in [6.07, 6.45) is 2.18. The molecular weight excluding hydrogens is 224 g/mol. The molecule has 18 heavy (non-hydrogen) atoms. The normalized spacial score (nSPS) is 9.17. The Morgan fingerprint density at radius 3 is 2.06 bits per heavy atom. The molecule has 0 atom stereocenters. The van der Waals surface area contributed by atoms with Gasteiger partial charge in [0, 0.05) is 6.07 Å². The van der Waals surface area contributed by atoms with Crippen LogP contribution in [0, 0.1) is 0 Å². The van der Waals surface area contributed by atoms with Gasteiger partial charge in [-0.15, -0.1) is 0 Å². The summed E-state index contributed by atoms with van der Waals surface area (Å²) in [7, 11) is 0. The predicted molar refractivity (Wildman–Crippen MR) is 75.0 cm³/mol. The minimum atomic E-state index is 0.254. The summed E-state index contributed by atoms with van der Waals surface area (Å²) in [6, 6.07) is 18.9. The summed E-state index contributed by atoms with van der Waals surface area (Å²) < 4.78 is 5.37. The lowest BCUT2D eigenvalue weighted by atomic mass is 10.3. The number of phenols is 1. The number of ether oxygens (including phenoxy) is 1. The maximum absolute atomic E-state index is 9.09. The van der Waals surface area contributed by atoms with Crippen LogP contribution in [-0.2, 0) is 0 Å². The van der Waals surface area contributed by atoms with Crippen LogP contribution in [0.15, 0.2) is 60.7 Å². The Morgan fingerprint density at radius 1 is 0.944 bits per heavy atom. The van der Waals surface area contributed by atoms with E-state index in [4.69, 9.17) is 9.84 Å². The van der Waals surface area contributed by atoms with Gasteiger partial charge in [-0.1, -0.05) is 55.8 Å². The molecule has 0 saturated carbocycles. The predicted octanol–water partition coefficient (Wildman–Crippen LogP) is 4.26. The van der Waals surface area contributed by atoms with Gasteiger partial charge in [-0.05, 0) is 18.6 Å². The van der Waals surface area contributed by atoms with E-state index >= 15 is 0 Å². The molecule has 2 aromatic carbocycles. The molecule has 0 aliphatic heterocycles. The Hall–Kier alpha value is -1.96. The second-order valence-corrected chi connectivity index (χ2v) is 3.85. The highest BCUT2D eigenvalue weighted by Gasteiger charge is 1.93. The van der Waals surface area contributed by atoms with Gasteiger partial charge in [-0.25, -0.2) is 0 Å². The lowest BCUT2D eigenvalue weighted by Gasteiger charge is -2.04. The molecule has 1 N–H and O–H groups in total. The van der Waals surface area contributed by atoms with E-state index in [-0.39, 0.29) is 5.75 Å².